The van der Waals surface area contributed by atoms with Crippen molar-refractivity contribution in [3.8, 4) is 11.1 Å². The number of rotatable bonds is 5. The molecule has 0 bridgehead atoms. The Kier molecular flexibility index (Phi) is 5.51. The fourth-order valence-electron chi connectivity index (χ4n) is 2.50. The number of sulfone groups is 1. The van der Waals surface area contributed by atoms with E-state index >= 15 is 0 Å². The third kappa shape index (κ3) is 4.18. The van der Waals surface area contributed by atoms with Crippen LogP contribution in [0, 0.1) is 30.3 Å². The van der Waals surface area contributed by atoms with E-state index < -0.39 is 38.0 Å². The Morgan fingerprint density at radius 1 is 1.08 bits per heavy atom. The Labute approximate surface area is 145 Å². The Balaban J connectivity index is 2.81. The summed E-state index contributed by atoms with van der Waals surface area (Å²) in [7, 11) is -3.69. The molecule has 0 saturated carbocycles. The molecular weight excluding hydrogens is 353 g/mol. The molecule has 1 unspecified atom stereocenters. The number of nitrogens with zero attached hydrogens (tertiary/aromatic N) is 2. The monoisotopic (exact) mass is 372 g/mol. The topological polar surface area (TPSA) is 59.9 Å². The van der Waals surface area contributed by atoms with Gasteiger partial charge in [0.15, 0.2) is 0 Å². The van der Waals surface area contributed by atoms with Crippen LogP contribution in [0.1, 0.15) is 31.7 Å². The minimum absolute atomic E-state index is 0.0719. The first-order chi connectivity index (χ1) is 11.5. The molecule has 0 fully saturated rings. The molecular formula is C17H19F3N2O2S. The Hall–Kier alpha value is -1.96. The third-order valence-corrected chi connectivity index (χ3v) is 4.82. The van der Waals surface area contributed by atoms with Crippen LogP contribution >= 0.6 is 0 Å². The lowest BCUT2D eigenvalue weighted by atomic mass is 9.94. The van der Waals surface area contributed by atoms with Gasteiger partial charge >= 0.3 is 0 Å². The summed E-state index contributed by atoms with van der Waals surface area (Å²) >= 11 is 0. The quantitative estimate of drug-likeness (QED) is 0.748. The molecule has 25 heavy (non-hydrogen) atoms. The summed E-state index contributed by atoms with van der Waals surface area (Å²) < 4.78 is 65.3. The normalized spacial score (nSPS) is 13.1. The van der Waals surface area contributed by atoms with Crippen LogP contribution in [0.25, 0.3) is 11.1 Å². The van der Waals surface area contributed by atoms with E-state index in [2.05, 4.69) is 9.97 Å². The van der Waals surface area contributed by atoms with Crippen LogP contribution in [0.5, 0.6) is 0 Å². The molecule has 1 aromatic heterocycles. The van der Waals surface area contributed by atoms with Gasteiger partial charge in [-0.3, -0.25) is 0 Å². The molecule has 0 spiro atoms. The van der Waals surface area contributed by atoms with E-state index in [1.165, 1.54) is 6.92 Å². The standard InChI is InChI=1S/C17H19F3N2O2S/c1-5-9(2)6-14-15(10(3)21-17(22-14)25(4,23)24)16-12(19)7-11(18)8-13(16)20/h7-9H,5-6H2,1-4H3. The number of aryl methyl sites for hydroxylation is 1. The van der Waals surface area contributed by atoms with Crippen molar-refractivity contribution in [2.24, 2.45) is 5.92 Å². The predicted molar refractivity (Wildman–Crippen MR) is 88.3 cm³/mol. The summed E-state index contributed by atoms with van der Waals surface area (Å²) in [6, 6.07) is 1.16. The smallest absolute Gasteiger partial charge is 0.223 e. The minimum Gasteiger partial charge on any atom is -0.223 e. The van der Waals surface area contributed by atoms with Crippen LogP contribution in [0.3, 0.4) is 0 Å². The van der Waals surface area contributed by atoms with Crippen LogP contribution in [-0.4, -0.2) is 24.6 Å². The lowest BCUT2D eigenvalue weighted by molar-refractivity contribution is 0.538. The molecule has 0 amide bonds. The maximum atomic E-state index is 14.3. The van der Waals surface area contributed by atoms with E-state index in [1.54, 1.807) is 0 Å². The van der Waals surface area contributed by atoms with E-state index in [4.69, 9.17) is 0 Å². The van der Waals surface area contributed by atoms with Gasteiger partial charge in [0.25, 0.3) is 0 Å². The molecule has 0 radical (unpaired) electrons. The van der Waals surface area contributed by atoms with Crippen molar-refractivity contribution in [1.29, 1.82) is 0 Å². The average molecular weight is 372 g/mol. The highest BCUT2D eigenvalue weighted by molar-refractivity contribution is 7.90. The van der Waals surface area contributed by atoms with Crippen molar-refractivity contribution in [2.75, 3.05) is 6.26 Å². The molecule has 1 heterocycles. The Bertz CT molecular complexity index is 891. The highest BCUT2D eigenvalue weighted by Crippen LogP contribution is 2.33. The van der Waals surface area contributed by atoms with Crippen molar-refractivity contribution in [3.05, 3.63) is 41.0 Å². The zero-order valence-corrected chi connectivity index (χ0v) is 15.2. The molecule has 136 valence electrons. The summed E-state index contributed by atoms with van der Waals surface area (Å²) in [6.45, 7) is 5.31. The number of hydrogen-bond acceptors (Lipinski definition) is 4. The van der Waals surface area contributed by atoms with Crippen molar-refractivity contribution in [3.63, 3.8) is 0 Å². The molecule has 0 N–H and O–H groups in total. The third-order valence-electron chi connectivity index (χ3n) is 3.97. The molecule has 1 aromatic carbocycles. The van der Waals surface area contributed by atoms with Gasteiger partial charge in [0.05, 0.1) is 17.0 Å². The van der Waals surface area contributed by atoms with Crippen LogP contribution in [0.15, 0.2) is 17.3 Å². The summed E-state index contributed by atoms with van der Waals surface area (Å²) in [6.07, 6.45) is 2.05. The maximum Gasteiger partial charge on any atom is 0.247 e. The van der Waals surface area contributed by atoms with E-state index in [0.717, 1.165) is 12.7 Å². The van der Waals surface area contributed by atoms with Gasteiger partial charge in [-0.1, -0.05) is 20.3 Å². The first-order valence-electron chi connectivity index (χ1n) is 7.77. The van der Waals surface area contributed by atoms with Gasteiger partial charge in [-0.2, -0.15) is 0 Å². The maximum absolute atomic E-state index is 14.3. The molecule has 0 aliphatic heterocycles. The molecule has 2 aromatic rings. The lowest BCUT2D eigenvalue weighted by Crippen LogP contribution is -2.13. The number of halogens is 3. The zero-order valence-electron chi connectivity index (χ0n) is 14.4. The first-order valence-corrected chi connectivity index (χ1v) is 9.66. The fourth-order valence-corrected chi connectivity index (χ4v) is 3.08. The Morgan fingerprint density at radius 2 is 1.64 bits per heavy atom. The second kappa shape index (κ2) is 7.11. The highest BCUT2D eigenvalue weighted by atomic mass is 32.2. The van der Waals surface area contributed by atoms with Gasteiger partial charge in [-0.05, 0) is 19.3 Å². The van der Waals surface area contributed by atoms with Crippen molar-refractivity contribution < 1.29 is 21.6 Å². The average Bonchev–Trinajstić information content (AvgIpc) is 2.47. The first kappa shape index (κ1) is 19.4. The van der Waals surface area contributed by atoms with Crippen LogP contribution in [0.4, 0.5) is 13.2 Å². The molecule has 4 nitrogen and oxygen atoms in total. The zero-order chi connectivity index (χ0) is 18.9. The summed E-state index contributed by atoms with van der Waals surface area (Å²) in [5, 5.41) is -0.394. The molecule has 0 aliphatic carbocycles. The van der Waals surface area contributed by atoms with Crippen LogP contribution < -0.4 is 0 Å². The molecule has 8 heteroatoms. The van der Waals surface area contributed by atoms with Gasteiger partial charge in [-0.15, -0.1) is 0 Å². The van der Waals surface area contributed by atoms with Crippen LogP contribution in [-0.2, 0) is 16.3 Å². The Morgan fingerprint density at radius 3 is 2.12 bits per heavy atom. The van der Waals surface area contributed by atoms with Gasteiger partial charge < -0.3 is 0 Å². The van der Waals surface area contributed by atoms with E-state index in [0.29, 0.717) is 18.6 Å². The van der Waals surface area contributed by atoms with E-state index in [-0.39, 0.29) is 22.9 Å². The van der Waals surface area contributed by atoms with Crippen molar-refractivity contribution >= 4 is 9.84 Å². The number of benzene rings is 1. The summed E-state index contributed by atoms with van der Waals surface area (Å²) in [5.41, 5.74) is -0.0234. The molecule has 0 aliphatic rings. The second-order valence-corrected chi connectivity index (χ2v) is 8.06. The molecule has 1 atom stereocenters. The second-order valence-electron chi connectivity index (χ2n) is 6.15. The molecule has 0 saturated heterocycles. The molecule has 2 rings (SSSR count). The largest absolute Gasteiger partial charge is 0.247 e. The van der Waals surface area contributed by atoms with Gasteiger partial charge in [-0.25, -0.2) is 31.6 Å². The van der Waals surface area contributed by atoms with Crippen molar-refractivity contribution in [2.45, 2.75) is 38.8 Å². The highest BCUT2D eigenvalue weighted by Gasteiger charge is 2.24. The predicted octanol–water partition coefficient (Wildman–Crippen LogP) is 3.86. The van der Waals surface area contributed by atoms with E-state index in [1.807, 2.05) is 13.8 Å². The number of hydrogen-bond donors (Lipinski definition) is 0. The van der Waals surface area contributed by atoms with Gasteiger partial charge in [0, 0.05) is 24.0 Å². The SMILES string of the molecule is CCC(C)Cc1nc(S(C)(=O)=O)nc(C)c1-c1c(F)cc(F)cc1F. The number of aromatic nitrogens is 2. The van der Waals surface area contributed by atoms with Crippen LogP contribution in [0.2, 0.25) is 0 Å². The summed E-state index contributed by atoms with van der Waals surface area (Å²) in [5.74, 6) is -3.09. The fraction of sp³-hybridized carbons (Fsp3) is 0.412. The summed E-state index contributed by atoms with van der Waals surface area (Å²) in [4.78, 5) is 7.94. The van der Waals surface area contributed by atoms with Gasteiger partial charge in [0.1, 0.15) is 17.5 Å². The minimum atomic E-state index is -3.69. The lowest BCUT2D eigenvalue weighted by Gasteiger charge is -2.17. The van der Waals surface area contributed by atoms with E-state index in [9.17, 15) is 21.6 Å². The van der Waals surface area contributed by atoms with Gasteiger partial charge in [0.2, 0.25) is 15.0 Å². The van der Waals surface area contributed by atoms with Crippen molar-refractivity contribution in [1.82, 2.24) is 9.97 Å².